The molecule has 98 valence electrons. The summed E-state index contributed by atoms with van der Waals surface area (Å²) in [5.74, 6) is 3.64. The average molecular weight is 238 g/mol. The molecule has 1 atom stereocenters. The highest BCUT2D eigenvalue weighted by molar-refractivity contribution is 4.93. The molecule has 3 nitrogen and oxygen atoms in total. The minimum Gasteiger partial charge on any atom is -0.383 e. The summed E-state index contributed by atoms with van der Waals surface area (Å²) in [5.41, 5.74) is 0. The van der Waals surface area contributed by atoms with E-state index in [1.807, 2.05) is 0 Å². The van der Waals surface area contributed by atoms with E-state index in [-0.39, 0.29) is 0 Å². The van der Waals surface area contributed by atoms with Crippen LogP contribution in [0.2, 0.25) is 0 Å². The van der Waals surface area contributed by atoms with Gasteiger partial charge in [0, 0.05) is 26.2 Å². The molecule has 17 heavy (non-hydrogen) atoms. The minimum absolute atomic E-state index is 0.406. The lowest BCUT2D eigenvalue weighted by atomic mass is 10.2. The molecule has 0 aliphatic heterocycles. The number of ether oxygens (including phenoxy) is 1. The van der Waals surface area contributed by atoms with Crippen LogP contribution in [0.25, 0.3) is 0 Å². The standard InChI is InChI=1S/C14H26N2O/c1-4-8-15-10-14(12-17-3)16(9-5-2)11-13-6-7-13/h2,13-15H,4,6-12H2,1,3H3. The monoisotopic (exact) mass is 238 g/mol. The molecule has 0 saturated heterocycles. The lowest BCUT2D eigenvalue weighted by molar-refractivity contribution is 0.0947. The zero-order valence-electron chi connectivity index (χ0n) is 11.2. The van der Waals surface area contributed by atoms with Gasteiger partial charge in [0.25, 0.3) is 0 Å². The number of hydrogen-bond donors (Lipinski definition) is 1. The van der Waals surface area contributed by atoms with Gasteiger partial charge in [0.05, 0.1) is 13.2 Å². The quantitative estimate of drug-likeness (QED) is 0.459. The Bertz CT molecular complexity index is 233. The van der Waals surface area contributed by atoms with Crippen molar-refractivity contribution in [2.45, 2.75) is 32.2 Å². The van der Waals surface area contributed by atoms with Crippen molar-refractivity contribution >= 4 is 0 Å². The van der Waals surface area contributed by atoms with Crippen LogP contribution in [0, 0.1) is 18.3 Å². The summed E-state index contributed by atoms with van der Waals surface area (Å²) in [6.07, 6.45) is 9.35. The fourth-order valence-corrected chi connectivity index (χ4v) is 2.02. The topological polar surface area (TPSA) is 24.5 Å². The summed E-state index contributed by atoms with van der Waals surface area (Å²) in [6.45, 7) is 6.83. The Morgan fingerprint density at radius 2 is 2.29 bits per heavy atom. The van der Waals surface area contributed by atoms with Gasteiger partial charge in [0.15, 0.2) is 0 Å². The lowest BCUT2D eigenvalue weighted by Gasteiger charge is -2.30. The van der Waals surface area contributed by atoms with Crippen LogP contribution in [0.1, 0.15) is 26.2 Å². The molecule has 0 aromatic heterocycles. The Kier molecular flexibility index (Phi) is 7.27. The summed E-state index contributed by atoms with van der Waals surface area (Å²) < 4.78 is 5.31. The van der Waals surface area contributed by atoms with Crippen molar-refractivity contribution in [1.29, 1.82) is 0 Å². The van der Waals surface area contributed by atoms with E-state index in [0.29, 0.717) is 6.04 Å². The van der Waals surface area contributed by atoms with Gasteiger partial charge in [-0.2, -0.15) is 0 Å². The summed E-state index contributed by atoms with van der Waals surface area (Å²) >= 11 is 0. The van der Waals surface area contributed by atoms with Crippen LogP contribution in [-0.2, 0) is 4.74 Å². The normalized spacial score (nSPS) is 17.1. The Hall–Kier alpha value is -0.560. The number of terminal acetylenes is 1. The van der Waals surface area contributed by atoms with Crippen molar-refractivity contribution in [2.24, 2.45) is 5.92 Å². The van der Waals surface area contributed by atoms with Crippen molar-refractivity contribution < 1.29 is 4.74 Å². The van der Waals surface area contributed by atoms with Crippen molar-refractivity contribution in [3.63, 3.8) is 0 Å². The Morgan fingerprint density at radius 1 is 1.53 bits per heavy atom. The predicted molar refractivity (Wildman–Crippen MR) is 72.0 cm³/mol. The van der Waals surface area contributed by atoms with E-state index in [2.05, 4.69) is 23.1 Å². The zero-order valence-corrected chi connectivity index (χ0v) is 11.2. The highest BCUT2D eigenvalue weighted by atomic mass is 16.5. The highest BCUT2D eigenvalue weighted by Crippen LogP contribution is 2.30. The first kappa shape index (κ1) is 14.5. The number of nitrogens with one attached hydrogen (secondary N) is 1. The SMILES string of the molecule is C#CCN(CC1CC1)C(CNCCC)COC. The summed E-state index contributed by atoms with van der Waals surface area (Å²) in [6, 6.07) is 0.406. The Balaban J connectivity index is 2.40. The fraction of sp³-hybridized carbons (Fsp3) is 0.857. The van der Waals surface area contributed by atoms with Gasteiger partial charge in [-0.1, -0.05) is 12.8 Å². The van der Waals surface area contributed by atoms with Gasteiger partial charge >= 0.3 is 0 Å². The van der Waals surface area contributed by atoms with Gasteiger partial charge in [0.2, 0.25) is 0 Å². The van der Waals surface area contributed by atoms with Gasteiger partial charge in [0.1, 0.15) is 0 Å². The van der Waals surface area contributed by atoms with Gasteiger partial charge in [-0.05, 0) is 31.7 Å². The smallest absolute Gasteiger partial charge is 0.0630 e. The van der Waals surface area contributed by atoms with E-state index in [0.717, 1.165) is 45.1 Å². The summed E-state index contributed by atoms with van der Waals surface area (Å²) in [7, 11) is 1.76. The van der Waals surface area contributed by atoms with Crippen LogP contribution in [0.5, 0.6) is 0 Å². The minimum atomic E-state index is 0.406. The van der Waals surface area contributed by atoms with E-state index in [1.54, 1.807) is 7.11 Å². The molecule has 0 radical (unpaired) electrons. The Labute approximate surface area is 106 Å². The highest BCUT2D eigenvalue weighted by Gasteiger charge is 2.27. The van der Waals surface area contributed by atoms with Crippen LogP contribution >= 0.6 is 0 Å². The molecule has 1 fully saturated rings. The van der Waals surface area contributed by atoms with Crippen molar-refractivity contribution in [2.75, 3.05) is 39.9 Å². The molecule has 1 N–H and O–H groups in total. The zero-order chi connectivity index (χ0) is 12.5. The van der Waals surface area contributed by atoms with Crippen LogP contribution < -0.4 is 5.32 Å². The molecule has 0 amide bonds. The largest absolute Gasteiger partial charge is 0.383 e. The van der Waals surface area contributed by atoms with E-state index in [1.165, 1.54) is 12.8 Å². The van der Waals surface area contributed by atoms with Crippen molar-refractivity contribution in [1.82, 2.24) is 10.2 Å². The van der Waals surface area contributed by atoms with Gasteiger partial charge < -0.3 is 10.1 Å². The molecule has 0 aromatic rings. The maximum atomic E-state index is 5.46. The molecule has 3 heteroatoms. The van der Waals surface area contributed by atoms with Gasteiger partial charge in [-0.3, -0.25) is 4.90 Å². The molecule has 1 aliphatic rings. The number of nitrogens with zero attached hydrogens (tertiary/aromatic N) is 1. The fourth-order valence-electron chi connectivity index (χ4n) is 2.02. The maximum absolute atomic E-state index is 5.46. The molecule has 1 aliphatic carbocycles. The molecule has 1 unspecified atom stereocenters. The van der Waals surface area contributed by atoms with Crippen LogP contribution in [0.4, 0.5) is 0 Å². The molecule has 1 saturated carbocycles. The van der Waals surface area contributed by atoms with Crippen molar-refractivity contribution in [3.05, 3.63) is 0 Å². The predicted octanol–water partition coefficient (Wildman–Crippen LogP) is 1.35. The third kappa shape index (κ3) is 6.07. The van der Waals surface area contributed by atoms with Gasteiger partial charge in [-0.25, -0.2) is 0 Å². The maximum Gasteiger partial charge on any atom is 0.0630 e. The third-order valence-electron chi connectivity index (χ3n) is 3.17. The molecular weight excluding hydrogens is 212 g/mol. The van der Waals surface area contributed by atoms with E-state index < -0.39 is 0 Å². The second-order valence-corrected chi connectivity index (χ2v) is 4.89. The molecular formula is C14H26N2O. The van der Waals surface area contributed by atoms with Crippen LogP contribution in [0.15, 0.2) is 0 Å². The summed E-state index contributed by atoms with van der Waals surface area (Å²) in [5, 5.41) is 3.46. The van der Waals surface area contributed by atoms with Crippen molar-refractivity contribution in [3.8, 4) is 12.3 Å². The number of hydrogen-bond acceptors (Lipinski definition) is 3. The second kappa shape index (κ2) is 8.52. The van der Waals surface area contributed by atoms with E-state index in [9.17, 15) is 0 Å². The summed E-state index contributed by atoms with van der Waals surface area (Å²) in [4.78, 5) is 2.39. The lowest BCUT2D eigenvalue weighted by Crippen LogP contribution is -2.46. The molecule has 0 bridgehead atoms. The molecule has 1 rings (SSSR count). The van der Waals surface area contributed by atoms with E-state index in [4.69, 9.17) is 11.2 Å². The molecule has 0 aromatic carbocycles. The first-order valence-corrected chi connectivity index (χ1v) is 6.69. The number of rotatable bonds is 10. The van der Waals surface area contributed by atoms with Gasteiger partial charge in [-0.15, -0.1) is 6.42 Å². The second-order valence-electron chi connectivity index (χ2n) is 4.89. The Morgan fingerprint density at radius 3 is 2.82 bits per heavy atom. The first-order valence-electron chi connectivity index (χ1n) is 6.69. The molecule has 0 spiro atoms. The van der Waals surface area contributed by atoms with Crippen LogP contribution in [0.3, 0.4) is 0 Å². The number of methoxy groups -OCH3 is 1. The van der Waals surface area contributed by atoms with Crippen LogP contribution in [-0.4, -0.2) is 50.8 Å². The average Bonchev–Trinajstić information content (AvgIpc) is 3.12. The first-order chi connectivity index (χ1) is 8.31. The van der Waals surface area contributed by atoms with E-state index >= 15 is 0 Å². The molecule has 0 heterocycles. The third-order valence-corrected chi connectivity index (χ3v) is 3.17.